The highest BCUT2D eigenvalue weighted by atomic mass is 35.5. The molecule has 0 saturated heterocycles. The summed E-state index contributed by atoms with van der Waals surface area (Å²) in [6.45, 7) is 2.29. The van der Waals surface area contributed by atoms with Gasteiger partial charge in [0, 0.05) is 18.1 Å². The van der Waals surface area contributed by atoms with Crippen molar-refractivity contribution in [3.05, 3.63) is 34.3 Å². The summed E-state index contributed by atoms with van der Waals surface area (Å²) >= 11 is 5.94. The van der Waals surface area contributed by atoms with Crippen LogP contribution in [0, 0.1) is 5.92 Å². The number of halogens is 1. The monoisotopic (exact) mass is 331 g/mol. The maximum Gasteiger partial charge on any atom is 0.309 e. The van der Waals surface area contributed by atoms with Gasteiger partial charge < -0.3 is 4.74 Å². The third kappa shape index (κ3) is 3.75. The average Bonchev–Trinajstić information content (AvgIpc) is 2.45. The van der Waals surface area contributed by atoms with E-state index in [-0.39, 0.29) is 5.75 Å². The number of carbonyl (C=O) groups excluding carboxylic acids is 1. The smallest absolute Gasteiger partial charge is 0.309 e. The molecular formula is C14H18ClNO4S. The fourth-order valence-corrected chi connectivity index (χ4v) is 4.30. The Morgan fingerprint density at radius 2 is 2.14 bits per heavy atom. The molecule has 0 N–H and O–H groups in total. The summed E-state index contributed by atoms with van der Waals surface area (Å²) in [5, 5.41) is 0.657. The molecule has 0 bridgehead atoms. The van der Waals surface area contributed by atoms with Crippen molar-refractivity contribution in [3.63, 3.8) is 0 Å². The minimum absolute atomic E-state index is 0.234. The topological polar surface area (TPSA) is 63.7 Å². The van der Waals surface area contributed by atoms with E-state index in [2.05, 4.69) is 4.74 Å². The van der Waals surface area contributed by atoms with E-state index in [1.165, 1.54) is 11.4 Å². The van der Waals surface area contributed by atoms with Gasteiger partial charge in [-0.1, -0.05) is 24.6 Å². The van der Waals surface area contributed by atoms with Crippen molar-refractivity contribution in [1.82, 2.24) is 4.31 Å². The van der Waals surface area contributed by atoms with Crippen molar-refractivity contribution in [2.24, 2.45) is 5.92 Å². The van der Waals surface area contributed by atoms with Crippen molar-refractivity contribution in [2.45, 2.75) is 19.9 Å². The highest BCUT2D eigenvalue weighted by Crippen LogP contribution is 2.25. The van der Waals surface area contributed by atoms with Crippen LogP contribution < -0.4 is 0 Å². The second kappa shape index (κ2) is 6.34. The summed E-state index contributed by atoms with van der Waals surface area (Å²) in [7, 11) is -2.23. The summed E-state index contributed by atoms with van der Waals surface area (Å²) in [4.78, 5) is 11.4. The number of hydrogen-bond donors (Lipinski definition) is 0. The van der Waals surface area contributed by atoms with Crippen LogP contribution in [0.5, 0.6) is 0 Å². The molecule has 1 heterocycles. The van der Waals surface area contributed by atoms with E-state index in [1.807, 2.05) is 12.1 Å². The molecule has 7 heteroatoms. The minimum atomic E-state index is -3.49. The number of hydrogen-bond acceptors (Lipinski definition) is 4. The molecule has 2 rings (SSSR count). The molecule has 1 aromatic carbocycles. The van der Waals surface area contributed by atoms with E-state index in [1.54, 1.807) is 13.0 Å². The predicted octanol–water partition coefficient (Wildman–Crippen LogP) is 1.84. The van der Waals surface area contributed by atoms with Crippen molar-refractivity contribution < 1.29 is 17.9 Å². The molecule has 1 atom stereocenters. The van der Waals surface area contributed by atoms with Crippen molar-refractivity contribution in [2.75, 3.05) is 19.4 Å². The molecule has 21 heavy (non-hydrogen) atoms. The van der Waals surface area contributed by atoms with Crippen LogP contribution in [0.3, 0.4) is 0 Å². The van der Waals surface area contributed by atoms with Gasteiger partial charge in [-0.3, -0.25) is 4.79 Å². The first kappa shape index (κ1) is 16.3. The second-order valence-electron chi connectivity index (χ2n) is 5.20. The first-order valence-electron chi connectivity index (χ1n) is 6.66. The molecule has 116 valence electrons. The van der Waals surface area contributed by atoms with Crippen molar-refractivity contribution in [1.29, 1.82) is 0 Å². The quantitative estimate of drug-likeness (QED) is 0.790. The van der Waals surface area contributed by atoms with E-state index in [0.29, 0.717) is 24.5 Å². The molecule has 1 unspecified atom stereocenters. The van der Waals surface area contributed by atoms with E-state index in [4.69, 9.17) is 11.6 Å². The molecule has 0 amide bonds. The molecule has 0 saturated carbocycles. The number of fused-ring (bicyclic) bond motifs is 1. The Hall–Kier alpha value is -1.11. The zero-order valence-corrected chi connectivity index (χ0v) is 13.6. The molecule has 0 fully saturated rings. The lowest BCUT2D eigenvalue weighted by Crippen LogP contribution is -2.39. The highest BCUT2D eigenvalue weighted by Gasteiger charge is 2.30. The third-order valence-corrected chi connectivity index (χ3v) is 5.86. The normalized spacial score (nSPS) is 17.1. The molecule has 0 aliphatic carbocycles. The van der Waals surface area contributed by atoms with E-state index in [0.717, 1.165) is 11.1 Å². The maximum absolute atomic E-state index is 12.4. The summed E-state index contributed by atoms with van der Waals surface area (Å²) in [6, 6.07) is 5.48. The fourth-order valence-electron chi connectivity index (χ4n) is 2.42. The van der Waals surface area contributed by atoms with Crippen LogP contribution in [0.4, 0.5) is 0 Å². The van der Waals surface area contributed by atoms with Gasteiger partial charge in [0.15, 0.2) is 0 Å². The number of benzene rings is 1. The Labute approximate surface area is 129 Å². The molecule has 0 spiro atoms. The Bertz CT molecular complexity index is 644. The lowest BCUT2D eigenvalue weighted by molar-refractivity contribution is -0.144. The molecule has 1 aliphatic rings. The number of esters is 1. The van der Waals surface area contributed by atoms with Crippen LogP contribution in [-0.4, -0.2) is 38.1 Å². The molecule has 0 radical (unpaired) electrons. The number of ether oxygens (including phenoxy) is 1. The Morgan fingerprint density at radius 1 is 1.43 bits per heavy atom. The molecule has 5 nitrogen and oxygen atoms in total. The molecule has 0 aromatic heterocycles. The highest BCUT2D eigenvalue weighted by molar-refractivity contribution is 7.89. The van der Waals surface area contributed by atoms with Crippen LogP contribution in [-0.2, 0) is 32.5 Å². The van der Waals surface area contributed by atoms with Gasteiger partial charge in [0.25, 0.3) is 0 Å². The zero-order valence-electron chi connectivity index (χ0n) is 12.0. The largest absolute Gasteiger partial charge is 0.469 e. The Morgan fingerprint density at radius 3 is 2.81 bits per heavy atom. The third-order valence-electron chi connectivity index (χ3n) is 3.60. The number of rotatable bonds is 4. The number of carbonyl (C=O) groups is 1. The first-order valence-corrected chi connectivity index (χ1v) is 8.65. The summed E-state index contributed by atoms with van der Waals surface area (Å²) in [5.41, 5.74) is 2.04. The average molecular weight is 332 g/mol. The lowest BCUT2D eigenvalue weighted by Gasteiger charge is -2.28. The summed E-state index contributed by atoms with van der Waals surface area (Å²) in [5.74, 6) is -1.42. The van der Waals surface area contributed by atoms with Gasteiger partial charge in [-0.05, 0) is 29.7 Å². The molecule has 1 aliphatic heterocycles. The van der Waals surface area contributed by atoms with Crippen molar-refractivity contribution in [3.8, 4) is 0 Å². The zero-order chi connectivity index (χ0) is 15.6. The van der Waals surface area contributed by atoms with Gasteiger partial charge in [0.05, 0.1) is 18.8 Å². The van der Waals surface area contributed by atoms with E-state index >= 15 is 0 Å². The first-order chi connectivity index (χ1) is 9.83. The van der Waals surface area contributed by atoms with Crippen molar-refractivity contribution >= 4 is 27.6 Å². The number of methoxy groups -OCH3 is 1. The van der Waals surface area contributed by atoms with E-state index in [9.17, 15) is 13.2 Å². The molecular weight excluding hydrogens is 314 g/mol. The van der Waals surface area contributed by atoms with E-state index < -0.39 is 21.9 Å². The van der Waals surface area contributed by atoms with Gasteiger partial charge in [0.1, 0.15) is 0 Å². The number of nitrogens with zero attached hydrogens (tertiary/aromatic N) is 1. The van der Waals surface area contributed by atoms with Crippen LogP contribution in [0.15, 0.2) is 18.2 Å². The summed E-state index contributed by atoms with van der Waals surface area (Å²) in [6.07, 6.45) is 0.627. The minimum Gasteiger partial charge on any atom is -0.469 e. The van der Waals surface area contributed by atoms with Crippen LogP contribution >= 0.6 is 11.6 Å². The SMILES string of the molecule is COC(=O)C(C)CS(=O)(=O)N1CCc2cc(Cl)ccc2C1. The standard InChI is InChI=1S/C14H18ClNO4S/c1-10(14(17)20-2)9-21(18,19)16-6-5-11-7-13(15)4-3-12(11)8-16/h3-4,7,10H,5-6,8-9H2,1-2H3. The predicted molar refractivity (Wildman–Crippen MR) is 80.5 cm³/mol. The Kier molecular flexibility index (Phi) is 4.91. The molecule has 1 aromatic rings. The van der Waals surface area contributed by atoms with Crippen LogP contribution in [0.1, 0.15) is 18.1 Å². The van der Waals surface area contributed by atoms with Crippen LogP contribution in [0.25, 0.3) is 0 Å². The maximum atomic E-state index is 12.4. The van der Waals surface area contributed by atoms with Gasteiger partial charge in [0.2, 0.25) is 10.0 Å². The van der Waals surface area contributed by atoms with Gasteiger partial charge in [-0.2, -0.15) is 4.31 Å². The summed E-state index contributed by atoms with van der Waals surface area (Å²) < 4.78 is 30.8. The fraction of sp³-hybridized carbons (Fsp3) is 0.500. The Balaban J connectivity index is 2.12. The lowest BCUT2D eigenvalue weighted by atomic mass is 10.0. The number of sulfonamides is 1. The van der Waals surface area contributed by atoms with Gasteiger partial charge in [-0.25, -0.2) is 8.42 Å². The van der Waals surface area contributed by atoms with Gasteiger partial charge in [-0.15, -0.1) is 0 Å². The van der Waals surface area contributed by atoms with Gasteiger partial charge >= 0.3 is 5.97 Å². The second-order valence-corrected chi connectivity index (χ2v) is 7.65. The van der Waals surface area contributed by atoms with Crippen LogP contribution in [0.2, 0.25) is 5.02 Å².